The lowest BCUT2D eigenvalue weighted by molar-refractivity contribution is -0.148. The SMILES string of the molecule is C[C@H]1C(=O)N[C@@H](CO)C(=O)N[C@@]2(Cc3ccc(Cl)cc3)CCCN(C2)C(=O)[C@H]([C@H]2CCc3ccccc32)CC(=O)N1Cc1ccc(Cl)cc1Oc1ccc(-c2cnc(CN3CCCC3)n2C)cc1. The van der Waals surface area contributed by atoms with E-state index in [1.807, 2.05) is 72.7 Å². The number of hydrogen-bond donors (Lipinski definition) is 3. The van der Waals surface area contributed by atoms with Gasteiger partial charge < -0.3 is 34.8 Å². The van der Waals surface area contributed by atoms with Crippen molar-refractivity contribution in [3.63, 3.8) is 0 Å². The highest BCUT2D eigenvalue weighted by atomic mass is 35.5. The molecule has 5 aromatic rings. The van der Waals surface area contributed by atoms with Crippen molar-refractivity contribution in [3.05, 3.63) is 135 Å². The Labute approximate surface area is 407 Å². The molecule has 356 valence electrons. The molecule has 4 aromatic carbocycles. The standard InChI is InChI=1S/C53H59Cl2N7O6/c1-34-50(65)57-45(32-63)51(66)58-53(28-35-10-16-39(54)17-11-35)22-7-25-61(33-53)52(67)44(43-21-15-36-8-3-4-9-42(36)43)27-49(64)62(34)30-38-12-18-40(55)26-47(38)68-41-19-13-37(14-20-41)46-29-56-48(59(46)2)31-60-23-5-6-24-60/h3-4,8-14,16-20,26,29,34,43-45,63H,5-7,15,21-25,27-28,30-33H2,1-2H3,(H,57,65)(H,58,66)/t34-,43-,44-,45-,53+/m0/s1. The summed E-state index contributed by atoms with van der Waals surface area (Å²) in [5.74, 6) is -0.882. The summed E-state index contributed by atoms with van der Waals surface area (Å²) in [5, 5.41) is 17.6. The number of likely N-dealkylation sites (tertiary alicyclic amines) is 1. The Morgan fingerprint density at radius 1 is 0.853 bits per heavy atom. The van der Waals surface area contributed by atoms with Gasteiger partial charge >= 0.3 is 0 Å². The molecule has 68 heavy (non-hydrogen) atoms. The van der Waals surface area contributed by atoms with Crippen molar-refractivity contribution in [1.82, 2.24) is 34.9 Å². The fourth-order valence-electron chi connectivity index (χ4n) is 10.7. The molecular weight excluding hydrogens is 902 g/mol. The summed E-state index contributed by atoms with van der Waals surface area (Å²) in [5.41, 5.74) is 4.70. The predicted octanol–water partition coefficient (Wildman–Crippen LogP) is 7.45. The van der Waals surface area contributed by atoms with Crippen LogP contribution in [-0.4, -0.2) is 103 Å². The Kier molecular flexibility index (Phi) is 14.3. The molecule has 0 unspecified atom stereocenters. The first-order valence-electron chi connectivity index (χ1n) is 23.8. The van der Waals surface area contributed by atoms with Crippen LogP contribution in [0.5, 0.6) is 11.5 Å². The fourth-order valence-corrected chi connectivity index (χ4v) is 11.0. The quantitative estimate of drug-likeness (QED) is 0.124. The summed E-state index contributed by atoms with van der Waals surface area (Å²) >= 11 is 12.8. The number of aliphatic hydroxyl groups excluding tert-OH is 1. The van der Waals surface area contributed by atoms with E-state index in [0.717, 1.165) is 59.8 Å². The highest BCUT2D eigenvalue weighted by Gasteiger charge is 2.45. The van der Waals surface area contributed by atoms with E-state index in [4.69, 9.17) is 32.9 Å². The van der Waals surface area contributed by atoms with E-state index in [0.29, 0.717) is 59.3 Å². The van der Waals surface area contributed by atoms with Crippen LogP contribution in [0.1, 0.15) is 79.4 Å². The summed E-state index contributed by atoms with van der Waals surface area (Å²) in [6, 6.07) is 25.8. The minimum Gasteiger partial charge on any atom is -0.457 e. The molecule has 3 fully saturated rings. The number of benzene rings is 4. The van der Waals surface area contributed by atoms with Crippen molar-refractivity contribution in [3.8, 4) is 22.8 Å². The zero-order chi connectivity index (χ0) is 47.5. The second-order valence-corrected chi connectivity index (χ2v) is 19.9. The summed E-state index contributed by atoms with van der Waals surface area (Å²) in [4.78, 5) is 69.5. The third kappa shape index (κ3) is 10.3. The molecule has 5 atom stereocenters. The molecule has 3 N–H and O–H groups in total. The molecule has 2 bridgehead atoms. The number of carbonyl (C=O) groups excluding carboxylic acids is 4. The summed E-state index contributed by atoms with van der Waals surface area (Å²) < 4.78 is 8.64. The second kappa shape index (κ2) is 20.5. The number of hydrogen-bond acceptors (Lipinski definition) is 8. The van der Waals surface area contributed by atoms with E-state index in [1.165, 1.54) is 17.7 Å². The number of halogens is 2. The van der Waals surface area contributed by atoms with Crippen molar-refractivity contribution >= 4 is 46.8 Å². The molecular formula is C53H59Cl2N7O6. The smallest absolute Gasteiger partial charge is 0.245 e. The van der Waals surface area contributed by atoms with Gasteiger partial charge in [0.1, 0.15) is 29.4 Å². The van der Waals surface area contributed by atoms with Crippen LogP contribution in [0, 0.1) is 5.92 Å². The normalized spacial score (nSPS) is 23.8. The van der Waals surface area contributed by atoms with Crippen LogP contribution in [0.2, 0.25) is 10.0 Å². The van der Waals surface area contributed by atoms with Gasteiger partial charge in [0.15, 0.2) is 0 Å². The first-order valence-corrected chi connectivity index (χ1v) is 24.6. The zero-order valence-electron chi connectivity index (χ0n) is 38.6. The van der Waals surface area contributed by atoms with Gasteiger partial charge in [0.05, 0.1) is 43.0 Å². The van der Waals surface area contributed by atoms with Crippen LogP contribution in [0.15, 0.2) is 97.2 Å². The van der Waals surface area contributed by atoms with Crippen LogP contribution in [-0.2, 0) is 52.2 Å². The molecule has 15 heteroatoms. The van der Waals surface area contributed by atoms with Crippen LogP contribution in [0.25, 0.3) is 11.3 Å². The van der Waals surface area contributed by atoms with Gasteiger partial charge in [0, 0.05) is 47.7 Å². The van der Waals surface area contributed by atoms with E-state index in [1.54, 1.807) is 37.3 Å². The largest absolute Gasteiger partial charge is 0.457 e. The Morgan fingerprint density at radius 2 is 1.60 bits per heavy atom. The van der Waals surface area contributed by atoms with Gasteiger partial charge in [0.2, 0.25) is 23.6 Å². The van der Waals surface area contributed by atoms with Gasteiger partial charge in [-0.3, -0.25) is 24.1 Å². The van der Waals surface area contributed by atoms with E-state index in [9.17, 15) is 14.7 Å². The van der Waals surface area contributed by atoms with E-state index >= 15 is 9.59 Å². The Balaban J connectivity index is 1.03. The Bertz CT molecular complexity index is 2650. The van der Waals surface area contributed by atoms with E-state index < -0.39 is 47.9 Å². The van der Waals surface area contributed by atoms with Crippen molar-refractivity contribution < 1.29 is 29.0 Å². The molecule has 3 aliphatic heterocycles. The molecule has 13 nitrogen and oxygen atoms in total. The van der Waals surface area contributed by atoms with Crippen LogP contribution < -0.4 is 15.4 Å². The highest BCUT2D eigenvalue weighted by molar-refractivity contribution is 6.31. The summed E-state index contributed by atoms with van der Waals surface area (Å²) in [6.07, 6.45) is 7.14. The first-order chi connectivity index (χ1) is 32.9. The number of aryl methyl sites for hydroxylation is 1. The number of nitrogens with zero attached hydrogens (tertiary/aromatic N) is 5. The van der Waals surface area contributed by atoms with Crippen LogP contribution in [0.3, 0.4) is 0 Å². The maximum atomic E-state index is 15.3. The summed E-state index contributed by atoms with van der Waals surface area (Å²) in [7, 11) is 2.03. The second-order valence-electron chi connectivity index (χ2n) is 19.0. The van der Waals surface area contributed by atoms with Crippen LogP contribution >= 0.6 is 23.2 Å². The molecule has 4 amide bonds. The monoisotopic (exact) mass is 959 g/mol. The lowest BCUT2D eigenvalue weighted by atomic mass is 9.80. The number of rotatable bonds is 11. The molecule has 9 rings (SSSR count). The van der Waals surface area contributed by atoms with Gasteiger partial charge in [0.25, 0.3) is 0 Å². The number of fused-ring (bicyclic) bond motifs is 3. The fraction of sp³-hybridized carbons (Fsp3) is 0.415. The lowest BCUT2D eigenvalue weighted by Gasteiger charge is -2.46. The number of piperidine rings is 1. The first kappa shape index (κ1) is 47.3. The van der Waals surface area contributed by atoms with Gasteiger partial charge in [-0.2, -0.15) is 0 Å². The summed E-state index contributed by atoms with van der Waals surface area (Å²) in [6.45, 7) is 4.43. The van der Waals surface area contributed by atoms with Crippen molar-refractivity contribution in [2.24, 2.45) is 13.0 Å². The molecule has 1 aliphatic carbocycles. The minimum absolute atomic E-state index is 0.0844. The number of aromatic nitrogens is 2. The maximum absolute atomic E-state index is 15.3. The molecule has 0 radical (unpaired) electrons. The molecule has 4 aliphatic rings. The van der Waals surface area contributed by atoms with Crippen molar-refractivity contribution in [2.75, 3.05) is 32.8 Å². The molecule has 4 heterocycles. The topological polar surface area (TPSA) is 149 Å². The Hall–Kier alpha value is -5.73. The molecule has 1 aromatic heterocycles. The lowest BCUT2D eigenvalue weighted by Crippen LogP contribution is -2.65. The molecule has 0 saturated carbocycles. The Morgan fingerprint density at radius 3 is 2.37 bits per heavy atom. The van der Waals surface area contributed by atoms with Crippen molar-refractivity contribution in [2.45, 2.75) is 94.9 Å². The average Bonchev–Trinajstić information content (AvgIpc) is 4.11. The van der Waals surface area contributed by atoms with E-state index in [-0.39, 0.29) is 31.3 Å². The van der Waals surface area contributed by atoms with Gasteiger partial charge in [-0.05, 0) is 136 Å². The third-order valence-corrected chi connectivity index (χ3v) is 15.0. The minimum atomic E-state index is -1.33. The number of amides is 4. The zero-order valence-corrected chi connectivity index (χ0v) is 40.1. The van der Waals surface area contributed by atoms with Gasteiger partial charge in [-0.1, -0.05) is 65.7 Å². The van der Waals surface area contributed by atoms with Crippen molar-refractivity contribution in [1.29, 1.82) is 0 Å². The number of ether oxygens (including phenoxy) is 1. The van der Waals surface area contributed by atoms with Gasteiger partial charge in [-0.15, -0.1) is 0 Å². The molecule has 0 spiro atoms. The number of imidazole rings is 1. The highest BCUT2D eigenvalue weighted by Crippen LogP contribution is 2.42. The maximum Gasteiger partial charge on any atom is 0.245 e. The van der Waals surface area contributed by atoms with Crippen LogP contribution in [0.4, 0.5) is 0 Å². The predicted molar refractivity (Wildman–Crippen MR) is 261 cm³/mol. The number of aliphatic hydroxyl groups is 1. The van der Waals surface area contributed by atoms with Gasteiger partial charge in [-0.25, -0.2) is 4.98 Å². The number of nitrogens with one attached hydrogen (secondary N) is 2. The third-order valence-electron chi connectivity index (χ3n) is 14.5. The molecule has 3 saturated heterocycles. The van der Waals surface area contributed by atoms with E-state index in [2.05, 4.69) is 26.2 Å². The average molecular weight is 961 g/mol. The number of carbonyl (C=O) groups is 4.